The minimum Gasteiger partial charge on any atom is -0.337 e. The second kappa shape index (κ2) is 18.1. The molecule has 1 aliphatic rings. The molecule has 2 heterocycles. The van der Waals surface area contributed by atoms with Crippen molar-refractivity contribution in [3.05, 3.63) is 285 Å². The summed E-state index contributed by atoms with van der Waals surface area (Å²) in [6.45, 7) is 5.49. The van der Waals surface area contributed by atoms with Gasteiger partial charge < -0.3 is 9.80 Å². The lowest BCUT2D eigenvalue weighted by Crippen LogP contribution is -2.18. The molecule has 1 aliphatic heterocycles. The molecule has 0 N–H and O–H groups in total. The third kappa shape index (κ3) is 7.56. The van der Waals surface area contributed by atoms with Crippen molar-refractivity contribution in [3.63, 3.8) is 0 Å². The van der Waals surface area contributed by atoms with Crippen LogP contribution >= 0.6 is 11.3 Å². The largest absolute Gasteiger partial charge is 0.337 e. The predicted octanol–water partition coefficient (Wildman–Crippen LogP) is 20.3. The van der Waals surface area contributed by atoms with E-state index < -0.39 is 0 Å². The van der Waals surface area contributed by atoms with Crippen LogP contribution < -0.4 is 9.80 Å². The number of nitrogens with zero attached hydrogens (tertiary/aromatic N) is 2. The molecule has 74 heavy (non-hydrogen) atoms. The molecule has 2 nitrogen and oxygen atoms in total. The van der Waals surface area contributed by atoms with E-state index in [1.807, 2.05) is 11.3 Å². The molecule has 0 fully saturated rings. The van der Waals surface area contributed by atoms with Crippen LogP contribution in [0.1, 0.15) is 11.1 Å². The normalized spacial score (nSPS) is 14.0. The van der Waals surface area contributed by atoms with E-state index >= 15 is 0 Å². The molecule has 348 valence electrons. The predicted molar refractivity (Wildman–Crippen MR) is 321 cm³/mol. The van der Waals surface area contributed by atoms with Crippen LogP contribution in [-0.2, 0) is 0 Å². The Balaban J connectivity index is 0.858. The van der Waals surface area contributed by atoms with Crippen molar-refractivity contribution in [2.45, 2.75) is 0 Å². The van der Waals surface area contributed by atoms with Crippen LogP contribution in [0.15, 0.2) is 274 Å². The fourth-order valence-corrected chi connectivity index (χ4v) is 12.5. The molecule has 0 saturated heterocycles. The molecule has 12 aromatic carbocycles. The maximum Gasteiger partial charge on any atom is 0.0493 e. The van der Waals surface area contributed by atoms with Crippen LogP contribution in [0.2, 0.25) is 0 Å². The van der Waals surface area contributed by atoms with Gasteiger partial charge in [0.05, 0.1) is 0 Å². The molecule has 0 atom stereocenters. The molecule has 0 amide bonds. The average Bonchev–Trinajstić information content (AvgIpc) is 3.87. The van der Waals surface area contributed by atoms with Gasteiger partial charge in [-0.15, -0.1) is 11.3 Å². The molecule has 0 radical (unpaired) electrons. The molecule has 0 unspecified atom stereocenters. The number of benzene rings is 12. The van der Waals surface area contributed by atoms with E-state index in [1.54, 1.807) is 0 Å². The highest BCUT2D eigenvalue weighted by atomic mass is 32.1. The van der Waals surface area contributed by atoms with E-state index in [1.165, 1.54) is 80.0 Å². The van der Waals surface area contributed by atoms with E-state index in [4.69, 9.17) is 6.58 Å². The third-order valence-corrected chi connectivity index (χ3v) is 16.1. The van der Waals surface area contributed by atoms with Crippen LogP contribution in [0.4, 0.5) is 28.4 Å². The first-order valence-corrected chi connectivity index (χ1v) is 26.2. The molecule has 1 aromatic heterocycles. The first-order valence-electron chi connectivity index (χ1n) is 25.4. The molecule has 13 aromatic rings. The topological polar surface area (TPSA) is 6.48 Å². The second-order valence-electron chi connectivity index (χ2n) is 19.3. The van der Waals surface area contributed by atoms with Crippen LogP contribution in [0.25, 0.3) is 96.7 Å². The summed E-state index contributed by atoms with van der Waals surface area (Å²) in [6.07, 6.45) is 6.80. The quantitative estimate of drug-likeness (QED) is 0.147. The van der Waals surface area contributed by atoms with E-state index in [0.29, 0.717) is 6.54 Å². The average molecular weight is 961 g/mol. The number of hydrogen-bond acceptors (Lipinski definition) is 3. The summed E-state index contributed by atoms with van der Waals surface area (Å²) >= 11 is 1.85. The Labute approximate surface area is 435 Å². The SMILES string of the molecule is C=C1/C=C(c2cccc3ccccc23)\C=C/CN(c2ccccc2)c2ccc(-c3ccc(N(c4ccc(-c5ccc6c7ccccc7c7ccccc7c6c5)cc4)c4ccc5sc6ccccc6c5c4)cc3)cc21. The van der Waals surface area contributed by atoms with E-state index in [2.05, 4.69) is 277 Å². The maximum atomic E-state index is 4.78. The van der Waals surface area contributed by atoms with E-state index in [-0.39, 0.29) is 0 Å². The Bertz CT molecular complexity index is 4370. The Morgan fingerprint density at radius 1 is 0.378 bits per heavy atom. The zero-order valence-electron chi connectivity index (χ0n) is 40.6. The van der Waals surface area contributed by atoms with Gasteiger partial charge in [-0.3, -0.25) is 0 Å². The van der Waals surface area contributed by atoms with Crippen LogP contribution in [0.3, 0.4) is 0 Å². The van der Waals surface area contributed by atoms with Gasteiger partial charge in [-0.1, -0.05) is 189 Å². The molecular formula is C71H48N2S. The molecule has 0 spiro atoms. The molecule has 14 rings (SSSR count). The van der Waals surface area contributed by atoms with Crippen molar-refractivity contribution in [3.8, 4) is 22.3 Å². The summed E-state index contributed by atoms with van der Waals surface area (Å²) in [4.78, 5) is 4.79. The van der Waals surface area contributed by atoms with E-state index in [9.17, 15) is 0 Å². The fourth-order valence-electron chi connectivity index (χ4n) is 11.4. The number of anilines is 5. The first-order chi connectivity index (χ1) is 36.6. The smallest absolute Gasteiger partial charge is 0.0493 e. The highest BCUT2D eigenvalue weighted by molar-refractivity contribution is 7.25. The summed E-state index contributed by atoms with van der Waals surface area (Å²) in [7, 11) is 0. The van der Waals surface area contributed by atoms with Crippen molar-refractivity contribution in [1.82, 2.24) is 0 Å². The molecule has 0 aliphatic carbocycles. The first kappa shape index (κ1) is 43.5. The summed E-state index contributed by atoms with van der Waals surface area (Å²) in [5.41, 5.74) is 14.6. The molecular weight excluding hydrogens is 913 g/mol. The van der Waals surface area contributed by atoms with Gasteiger partial charge in [-0.05, 0) is 167 Å². The van der Waals surface area contributed by atoms with Gasteiger partial charge in [-0.2, -0.15) is 0 Å². The molecule has 0 bridgehead atoms. The monoisotopic (exact) mass is 960 g/mol. The summed E-state index contributed by atoms with van der Waals surface area (Å²) in [6, 6.07) is 91.2. The lowest BCUT2D eigenvalue weighted by molar-refractivity contribution is 1.09. The lowest BCUT2D eigenvalue weighted by atomic mass is 9.92. The van der Waals surface area contributed by atoms with Crippen LogP contribution in [0.5, 0.6) is 0 Å². The lowest BCUT2D eigenvalue weighted by Gasteiger charge is -2.27. The maximum absolute atomic E-state index is 4.78. The fraction of sp³-hybridized carbons (Fsp3) is 0.0141. The van der Waals surface area contributed by atoms with Crippen LogP contribution in [0, 0.1) is 0 Å². The standard InChI is InChI=1S/C71H48N2S/c1-47-43-53(59-26-13-16-50-15-5-6-20-58(50)59)17-14-42-72(54-18-3-2-4-19-54)69-40-33-52(44-66(47)69)49-30-36-56(37-31-49)73(57-38-41-71-68(46-57)65-25-11-12-27-70(65)74-71)55-34-28-48(29-35-55)51-32-39-64-62-23-8-7-21-60(62)61-22-9-10-24-63(61)67(64)45-51/h2-41,43-46H,1,42H2/b17-14-,53-43+. The zero-order valence-corrected chi connectivity index (χ0v) is 41.4. The summed E-state index contributed by atoms with van der Waals surface area (Å²) in [5.74, 6) is 0. The van der Waals surface area contributed by atoms with Crippen molar-refractivity contribution in [2.24, 2.45) is 0 Å². The van der Waals surface area contributed by atoms with E-state index in [0.717, 1.165) is 56.3 Å². The zero-order chi connectivity index (χ0) is 49.1. The Morgan fingerprint density at radius 3 is 1.64 bits per heavy atom. The summed E-state index contributed by atoms with van der Waals surface area (Å²) in [5, 5.41) is 12.7. The number of fused-ring (bicyclic) bond motifs is 11. The minimum absolute atomic E-state index is 0.709. The highest BCUT2D eigenvalue weighted by Gasteiger charge is 2.20. The molecule has 0 saturated carbocycles. The Hall–Kier alpha value is -9.28. The van der Waals surface area contributed by atoms with Gasteiger partial charge in [-0.25, -0.2) is 0 Å². The van der Waals surface area contributed by atoms with Crippen molar-refractivity contribution in [2.75, 3.05) is 16.3 Å². The number of thiophene rings is 1. The van der Waals surface area contributed by atoms with Crippen molar-refractivity contribution < 1.29 is 0 Å². The Kier molecular flexibility index (Phi) is 10.6. The van der Waals surface area contributed by atoms with Gasteiger partial charge >= 0.3 is 0 Å². The van der Waals surface area contributed by atoms with Crippen molar-refractivity contribution in [1.29, 1.82) is 0 Å². The molecule has 3 heteroatoms. The van der Waals surface area contributed by atoms with Gasteiger partial charge in [0.2, 0.25) is 0 Å². The van der Waals surface area contributed by atoms with Gasteiger partial charge in [0, 0.05) is 60.7 Å². The van der Waals surface area contributed by atoms with Gasteiger partial charge in [0.15, 0.2) is 0 Å². The van der Waals surface area contributed by atoms with Crippen molar-refractivity contribution >= 4 is 114 Å². The van der Waals surface area contributed by atoms with Gasteiger partial charge in [0.1, 0.15) is 0 Å². The number of para-hydroxylation sites is 1. The Morgan fingerprint density at radius 2 is 0.919 bits per heavy atom. The highest BCUT2D eigenvalue weighted by Crippen LogP contribution is 2.44. The third-order valence-electron chi connectivity index (χ3n) is 15.0. The second-order valence-corrected chi connectivity index (χ2v) is 20.4. The van der Waals surface area contributed by atoms with Crippen LogP contribution in [-0.4, -0.2) is 6.54 Å². The number of allylic oxidation sites excluding steroid dienone is 4. The number of hydrogen-bond donors (Lipinski definition) is 0. The number of rotatable bonds is 7. The van der Waals surface area contributed by atoms with Gasteiger partial charge in [0.25, 0.3) is 0 Å². The summed E-state index contributed by atoms with van der Waals surface area (Å²) < 4.78 is 2.59. The minimum atomic E-state index is 0.709.